The fraction of sp³-hybridized carbons (Fsp3) is 0.240. The maximum absolute atomic E-state index is 6.10. The molecule has 6 heteroatoms. The Hall–Kier alpha value is -0.353. The van der Waals surface area contributed by atoms with Crippen LogP contribution in [-0.2, 0) is 27.8 Å². The topological polar surface area (TPSA) is 9.23 Å². The van der Waals surface area contributed by atoms with Crippen molar-refractivity contribution in [1.82, 2.24) is 0 Å². The van der Waals surface area contributed by atoms with Crippen LogP contribution in [0.2, 0.25) is 19.6 Å². The van der Waals surface area contributed by atoms with Gasteiger partial charge in [-0.3, -0.25) is 0 Å². The molecule has 3 aromatic rings. The SMILES string of the molecule is C[Si](C)(C)OCCC1=CC([c-]2ccc3ccccc32)c2ccccc21.Cl.Cl.[CH3-].[CH3-].[Si]=[Zr]. The molecule has 2 radical (unpaired) electrons. The summed E-state index contributed by atoms with van der Waals surface area (Å²) in [5, 5.41) is 2.71. The average Bonchev–Trinajstić information content (AvgIpc) is 3.24. The summed E-state index contributed by atoms with van der Waals surface area (Å²) in [6, 6.07) is 22.1. The first-order chi connectivity index (χ1) is 13.0. The number of rotatable bonds is 5. The minimum absolute atomic E-state index is 0. The molecule has 0 aliphatic heterocycles. The van der Waals surface area contributed by atoms with Crippen LogP contribution in [0.4, 0.5) is 0 Å². The van der Waals surface area contributed by atoms with E-state index in [1.165, 1.54) is 56.4 Å². The second-order valence-electron chi connectivity index (χ2n) is 7.84. The molecule has 31 heavy (non-hydrogen) atoms. The molecule has 0 amide bonds. The third kappa shape index (κ3) is 7.87. The summed E-state index contributed by atoms with van der Waals surface area (Å²) in [6.07, 6.45) is 3.45. The monoisotopic (exact) mass is 565 g/mol. The quantitative estimate of drug-likeness (QED) is 0.227. The predicted octanol–water partition coefficient (Wildman–Crippen LogP) is 7.69. The first-order valence-corrected chi connectivity index (χ1v) is 17.0. The van der Waals surface area contributed by atoms with Crippen LogP contribution >= 0.6 is 24.8 Å². The van der Waals surface area contributed by atoms with Gasteiger partial charge in [0.05, 0.1) is 0 Å². The Balaban J connectivity index is 0. The van der Waals surface area contributed by atoms with Gasteiger partial charge in [-0.2, -0.15) is 6.07 Å². The van der Waals surface area contributed by atoms with Crippen LogP contribution in [0.3, 0.4) is 0 Å². The van der Waals surface area contributed by atoms with Crippen molar-refractivity contribution in [2.45, 2.75) is 32.0 Å². The van der Waals surface area contributed by atoms with Gasteiger partial charge in [-0.25, -0.2) is 0 Å². The van der Waals surface area contributed by atoms with Crippen molar-refractivity contribution in [2.75, 3.05) is 6.61 Å². The van der Waals surface area contributed by atoms with Crippen molar-refractivity contribution >= 4 is 56.4 Å². The van der Waals surface area contributed by atoms with Crippen molar-refractivity contribution in [3.8, 4) is 0 Å². The van der Waals surface area contributed by atoms with Crippen LogP contribution in [0, 0.1) is 14.9 Å². The molecular weight excluding hydrogens is 535 g/mol. The number of hydrogen-bond acceptors (Lipinski definition) is 1. The van der Waals surface area contributed by atoms with Crippen molar-refractivity contribution < 1.29 is 27.8 Å². The minimum atomic E-state index is -1.45. The Kier molecular flexibility index (Phi) is 15.6. The Morgan fingerprint density at radius 2 is 1.55 bits per heavy atom. The molecule has 0 saturated carbocycles. The van der Waals surface area contributed by atoms with Crippen molar-refractivity contribution in [2.24, 2.45) is 0 Å². The Morgan fingerprint density at radius 3 is 2.23 bits per heavy atom. The average molecular weight is 568 g/mol. The van der Waals surface area contributed by atoms with E-state index in [1.54, 1.807) is 0 Å². The van der Waals surface area contributed by atoms with Crippen LogP contribution < -0.4 is 0 Å². The predicted molar refractivity (Wildman–Crippen MR) is 143 cm³/mol. The van der Waals surface area contributed by atoms with Crippen LogP contribution in [0.15, 0.2) is 66.7 Å². The van der Waals surface area contributed by atoms with Crippen LogP contribution in [0.5, 0.6) is 0 Å². The molecule has 1 aliphatic rings. The van der Waals surface area contributed by atoms with Crippen LogP contribution in [0.1, 0.15) is 29.0 Å². The molecule has 4 rings (SSSR count). The molecule has 0 heterocycles. The van der Waals surface area contributed by atoms with Gasteiger partial charge in [0.25, 0.3) is 0 Å². The fourth-order valence-electron chi connectivity index (χ4n) is 3.83. The first kappa shape index (κ1) is 32.8. The zero-order valence-electron chi connectivity index (χ0n) is 19.1. The van der Waals surface area contributed by atoms with Crippen LogP contribution in [0.25, 0.3) is 16.3 Å². The van der Waals surface area contributed by atoms with E-state index >= 15 is 0 Å². The number of allylic oxidation sites excluding steroid dienone is 1. The van der Waals surface area contributed by atoms with E-state index in [0.29, 0.717) is 5.92 Å². The Labute approximate surface area is 219 Å². The van der Waals surface area contributed by atoms with E-state index in [0.717, 1.165) is 13.0 Å². The second kappa shape index (κ2) is 14.7. The number of fused-ring (bicyclic) bond motifs is 2. The van der Waals surface area contributed by atoms with Crippen molar-refractivity contribution in [3.05, 3.63) is 98.3 Å². The van der Waals surface area contributed by atoms with Crippen molar-refractivity contribution in [3.63, 3.8) is 0 Å². The molecule has 0 bridgehead atoms. The summed E-state index contributed by atoms with van der Waals surface area (Å²) in [5.74, 6) is 0.359. The van der Waals surface area contributed by atoms with Crippen molar-refractivity contribution in [1.29, 1.82) is 0 Å². The van der Waals surface area contributed by atoms with Gasteiger partial charge < -0.3 is 19.3 Å². The molecule has 1 atom stereocenters. The normalized spacial score (nSPS) is 13.7. The number of halogens is 2. The fourth-order valence-corrected chi connectivity index (χ4v) is 4.54. The summed E-state index contributed by atoms with van der Waals surface area (Å²) < 4.78 is 6.10. The van der Waals surface area contributed by atoms with Crippen LogP contribution in [-0.4, -0.2) is 21.8 Å². The molecule has 3 aromatic carbocycles. The summed E-state index contributed by atoms with van der Waals surface area (Å²) >= 11 is 1.36. The molecule has 1 unspecified atom stereocenters. The third-order valence-corrected chi connectivity index (χ3v) is 6.04. The summed E-state index contributed by atoms with van der Waals surface area (Å²) in [5.41, 5.74) is 5.69. The number of benzene rings is 2. The van der Waals surface area contributed by atoms with Gasteiger partial charge >= 0.3 is 30.2 Å². The van der Waals surface area contributed by atoms with Gasteiger partial charge in [0.2, 0.25) is 0 Å². The summed E-state index contributed by atoms with van der Waals surface area (Å²) in [6.45, 7) is 10.6. The van der Waals surface area contributed by atoms with E-state index in [-0.39, 0.29) is 39.7 Å². The van der Waals surface area contributed by atoms with Gasteiger partial charge in [-0.15, -0.1) is 65.4 Å². The molecule has 0 fully saturated rings. The molecule has 0 saturated heterocycles. The zero-order valence-corrected chi connectivity index (χ0v) is 25.2. The number of hydrogen-bond donors (Lipinski definition) is 0. The van der Waals surface area contributed by atoms with Gasteiger partial charge in [-0.05, 0) is 48.7 Å². The molecule has 168 valence electrons. The first-order valence-electron chi connectivity index (χ1n) is 9.36. The van der Waals surface area contributed by atoms with E-state index in [4.69, 9.17) is 4.43 Å². The Morgan fingerprint density at radius 1 is 0.935 bits per heavy atom. The van der Waals surface area contributed by atoms with Gasteiger partial charge in [0.15, 0.2) is 8.32 Å². The third-order valence-electron chi connectivity index (χ3n) is 4.97. The molecule has 1 aliphatic carbocycles. The Bertz CT molecular complexity index is 963. The molecule has 0 aromatic heterocycles. The molecule has 1 nitrogen and oxygen atoms in total. The zero-order chi connectivity index (χ0) is 19.4. The van der Waals surface area contributed by atoms with Gasteiger partial charge in [0.1, 0.15) is 0 Å². The summed E-state index contributed by atoms with van der Waals surface area (Å²) in [7, 11) is -1.45. The van der Waals surface area contributed by atoms with Gasteiger partial charge in [-0.1, -0.05) is 36.4 Å². The van der Waals surface area contributed by atoms with E-state index in [9.17, 15) is 0 Å². The maximum atomic E-state index is 6.10. The second-order valence-corrected chi connectivity index (χ2v) is 12.4. The van der Waals surface area contributed by atoms with E-state index in [2.05, 4.69) is 93.3 Å². The molecule has 0 N–H and O–H groups in total. The van der Waals surface area contributed by atoms with E-state index in [1.807, 2.05) is 0 Å². The summed E-state index contributed by atoms with van der Waals surface area (Å²) in [4.78, 5) is 0. The van der Waals surface area contributed by atoms with Gasteiger partial charge in [0, 0.05) is 6.61 Å². The standard InChI is InChI=1S/C23H25OSi.2CH3.2ClH.Si.Zr/c1-25(2,3)24-15-14-18-16-23(21-11-7-6-10-20(18)21)22-13-12-17-8-4-5-9-19(17)22;;;;;;/h4-13,16,23H,14-15H2,1-3H3;2*1H3;2*1H;;/q3*-1;;;;. The van der Waals surface area contributed by atoms with E-state index < -0.39 is 8.32 Å². The molecule has 0 spiro atoms. The molecular formula is C25H33Cl2OSi2Zr-3.